The third-order valence-electron chi connectivity index (χ3n) is 11.0. The number of nitrogens with zero attached hydrogens (tertiary/aromatic N) is 6. The van der Waals surface area contributed by atoms with E-state index in [0.717, 1.165) is 44.5 Å². The number of anilines is 2. The molecule has 0 aliphatic carbocycles. The SMILES string of the molecule is C[C@H](CN[C@@H](C(=O)Nc1ccc(-c2cn[nH]c2)cn1)c1ccccc1)c1ccc(C#N)cc1.C[C@H](CN[C@H](C(=O)Nc1ccc(-c2cn[nH]c2)cn1)c1ccccc1)c1ccc(C#N)cc1. The van der Waals surface area contributed by atoms with Crippen LogP contribution in [0, 0.1) is 22.7 Å². The summed E-state index contributed by atoms with van der Waals surface area (Å²) in [6, 6.07) is 44.8. The van der Waals surface area contributed by atoms with Gasteiger partial charge >= 0.3 is 0 Å². The van der Waals surface area contributed by atoms with E-state index in [1.807, 2.05) is 121 Å². The normalized spacial score (nSPS) is 12.5. The molecule has 328 valence electrons. The number of rotatable bonds is 16. The zero-order valence-corrected chi connectivity index (χ0v) is 36.4. The van der Waals surface area contributed by atoms with Gasteiger partial charge in [0.1, 0.15) is 23.7 Å². The van der Waals surface area contributed by atoms with Crippen molar-refractivity contribution in [3.8, 4) is 34.4 Å². The quantitative estimate of drug-likeness (QED) is 0.0543. The van der Waals surface area contributed by atoms with E-state index in [4.69, 9.17) is 10.5 Å². The summed E-state index contributed by atoms with van der Waals surface area (Å²) in [7, 11) is 0. The van der Waals surface area contributed by atoms with Crippen molar-refractivity contribution in [2.75, 3.05) is 23.7 Å². The van der Waals surface area contributed by atoms with Crippen molar-refractivity contribution < 1.29 is 9.59 Å². The molecule has 66 heavy (non-hydrogen) atoms. The van der Waals surface area contributed by atoms with Gasteiger partial charge in [-0.25, -0.2) is 9.97 Å². The molecule has 0 unspecified atom stereocenters. The highest BCUT2D eigenvalue weighted by molar-refractivity contribution is 5.95. The lowest BCUT2D eigenvalue weighted by atomic mass is 9.98. The predicted molar refractivity (Wildman–Crippen MR) is 254 cm³/mol. The van der Waals surface area contributed by atoms with Gasteiger partial charge in [-0.1, -0.05) is 98.8 Å². The number of aromatic amines is 2. The fourth-order valence-electron chi connectivity index (χ4n) is 7.10. The number of hydrogen-bond donors (Lipinski definition) is 6. The first-order chi connectivity index (χ1) is 32.3. The number of hydrogen-bond acceptors (Lipinski definition) is 10. The average molecular weight is 873 g/mol. The lowest BCUT2D eigenvalue weighted by molar-refractivity contribution is -0.119. The van der Waals surface area contributed by atoms with Gasteiger partial charge in [-0.15, -0.1) is 0 Å². The standard InChI is InChI=1S/2C26H24N6O/c2*1-18(20-9-7-19(13-27)8-10-20)14-29-25(21-5-3-2-4-6-21)26(33)32-24-12-11-22(15-28-24)23-16-30-31-17-23/h2*2-12,15-18,25,29H,14H2,1H3,(H,30,31)(H,28,32,33)/t18-,25+;18-,25-/m11/s1. The van der Waals surface area contributed by atoms with Crippen LogP contribution in [0.2, 0.25) is 0 Å². The van der Waals surface area contributed by atoms with Gasteiger partial charge in [-0.2, -0.15) is 20.7 Å². The summed E-state index contributed by atoms with van der Waals surface area (Å²) in [4.78, 5) is 35.2. The largest absolute Gasteiger partial charge is 0.309 e. The second-order valence-electron chi connectivity index (χ2n) is 15.6. The molecule has 0 aliphatic heterocycles. The summed E-state index contributed by atoms with van der Waals surface area (Å²) in [5.41, 5.74) is 8.90. The Balaban J connectivity index is 0.000000196. The molecular weight excluding hydrogens is 825 g/mol. The molecule has 8 aromatic rings. The first kappa shape index (κ1) is 45.5. The smallest absolute Gasteiger partial charge is 0.247 e. The number of aromatic nitrogens is 6. The molecule has 14 heteroatoms. The van der Waals surface area contributed by atoms with Crippen molar-refractivity contribution >= 4 is 23.5 Å². The summed E-state index contributed by atoms with van der Waals surface area (Å²) in [5.74, 6) is 0.909. The van der Waals surface area contributed by atoms with E-state index in [1.165, 1.54) is 0 Å². The minimum absolute atomic E-state index is 0.157. The summed E-state index contributed by atoms with van der Waals surface area (Å²) in [5, 5.41) is 44.1. The average Bonchev–Trinajstić information content (AvgIpc) is 4.12. The minimum atomic E-state index is -0.539. The Kier molecular flexibility index (Phi) is 15.6. The molecule has 0 saturated carbocycles. The van der Waals surface area contributed by atoms with E-state index in [0.29, 0.717) is 35.9 Å². The summed E-state index contributed by atoms with van der Waals surface area (Å²) >= 11 is 0. The van der Waals surface area contributed by atoms with Gasteiger partial charge in [0, 0.05) is 60.1 Å². The molecule has 4 aromatic heterocycles. The lowest BCUT2D eigenvalue weighted by Gasteiger charge is -2.21. The zero-order valence-electron chi connectivity index (χ0n) is 36.4. The van der Waals surface area contributed by atoms with E-state index in [2.05, 4.69) is 77.6 Å². The van der Waals surface area contributed by atoms with Gasteiger partial charge in [0.2, 0.25) is 11.8 Å². The number of amides is 2. The summed E-state index contributed by atoms with van der Waals surface area (Å²) in [6.45, 7) is 5.35. The Morgan fingerprint density at radius 2 is 0.894 bits per heavy atom. The first-order valence-corrected chi connectivity index (χ1v) is 21.4. The maximum Gasteiger partial charge on any atom is 0.247 e. The molecule has 0 fully saturated rings. The van der Waals surface area contributed by atoms with Crippen LogP contribution in [0.4, 0.5) is 11.6 Å². The Labute approximate surface area is 383 Å². The molecule has 4 heterocycles. The lowest BCUT2D eigenvalue weighted by Crippen LogP contribution is -2.35. The molecule has 0 bridgehead atoms. The third-order valence-corrected chi connectivity index (χ3v) is 11.0. The number of H-pyrrole nitrogens is 2. The Hall–Kier alpha value is -8.56. The third kappa shape index (κ3) is 12.3. The molecule has 4 aromatic carbocycles. The number of benzene rings is 4. The molecule has 6 N–H and O–H groups in total. The van der Waals surface area contributed by atoms with Crippen molar-refractivity contribution in [3.05, 3.63) is 204 Å². The van der Waals surface area contributed by atoms with Gasteiger partial charge in [0.05, 0.1) is 35.7 Å². The number of carbonyl (C=O) groups is 2. The predicted octanol–water partition coefficient (Wildman–Crippen LogP) is 8.83. The summed E-state index contributed by atoms with van der Waals surface area (Å²) < 4.78 is 0. The molecule has 0 radical (unpaired) electrons. The fourth-order valence-corrected chi connectivity index (χ4v) is 7.10. The maximum absolute atomic E-state index is 13.2. The Morgan fingerprint density at radius 1 is 0.500 bits per heavy atom. The Bertz CT molecular complexity index is 2620. The van der Waals surface area contributed by atoms with Crippen molar-refractivity contribution in [1.29, 1.82) is 10.5 Å². The van der Waals surface area contributed by atoms with E-state index in [-0.39, 0.29) is 23.7 Å². The van der Waals surface area contributed by atoms with Crippen molar-refractivity contribution in [3.63, 3.8) is 0 Å². The number of nitrogens with one attached hydrogen (secondary N) is 6. The molecule has 8 rings (SSSR count). The van der Waals surface area contributed by atoms with Crippen molar-refractivity contribution in [1.82, 2.24) is 41.0 Å². The zero-order chi connectivity index (χ0) is 46.1. The number of carbonyl (C=O) groups excluding carboxylic acids is 2. The van der Waals surface area contributed by atoms with Gasteiger partial charge < -0.3 is 21.3 Å². The monoisotopic (exact) mass is 872 g/mol. The van der Waals surface area contributed by atoms with Crippen LogP contribution in [0.5, 0.6) is 0 Å². The second-order valence-corrected chi connectivity index (χ2v) is 15.6. The van der Waals surface area contributed by atoms with Gasteiger partial charge in [0.25, 0.3) is 0 Å². The maximum atomic E-state index is 13.2. The highest BCUT2D eigenvalue weighted by Gasteiger charge is 2.23. The highest BCUT2D eigenvalue weighted by Crippen LogP contribution is 2.24. The molecule has 14 nitrogen and oxygen atoms in total. The van der Waals surface area contributed by atoms with E-state index < -0.39 is 12.1 Å². The molecular formula is C52H48N12O2. The van der Waals surface area contributed by atoms with Crippen molar-refractivity contribution in [2.45, 2.75) is 37.8 Å². The first-order valence-electron chi connectivity index (χ1n) is 21.4. The van der Waals surface area contributed by atoms with E-state index in [1.54, 1.807) is 49.3 Å². The van der Waals surface area contributed by atoms with Crippen molar-refractivity contribution in [2.24, 2.45) is 0 Å². The van der Waals surface area contributed by atoms with Gasteiger partial charge in [0.15, 0.2) is 0 Å². The molecule has 2 amide bonds. The van der Waals surface area contributed by atoms with Gasteiger partial charge in [-0.05, 0) is 82.6 Å². The van der Waals surface area contributed by atoms with Gasteiger partial charge in [-0.3, -0.25) is 19.8 Å². The van der Waals surface area contributed by atoms with Crippen LogP contribution in [0.25, 0.3) is 22.3 Å². The molecule has 4 atom stereocenters. The fraction of sp³-hybridized carbons (Fsp3) is 0.154. The Morgan fingerprint density at radius 3 is 1.21 bits per heavy atom. The molecule has 0 saturated heterocycles. The van der Waals surface area contributed by atoms with E-state index in [9.17, 15) is 9.59 Å². The van der Waals surface area contributed by atoms with Crippen LogP contribution in [-0.2, 0) is 9.59 Å². The van der Waals surface area contributed by atoms with Crippen LogP contribution in [0.1, 0.15) is 71.1 Å². The van der Waals surface area contributed by atoms with Crippen LogP contribution >= 0.6 is 0 Å². The topological polar surface area (TPSA) is 213 Å². The number of nitriles is 2. The van der Waals surface area contributed by atoms with E-state index >= 15 is 0 Å². The van der Waals surface area contributed by atoms with Crippen LogP contribution in [0.3, 0.4) is 0 Å². The second kappa shape index (κ2) is 22.7. The van der Waals surface area contributed by atoms with Crippen LogP contribution in [0.15, 0.2) is 171 Å². The van der Waals surface area contributed by atoms with Crippen LogP contribution < -0.4 is 21.3 Å². The highest BCUT2D eigenvalue weighted by atomic mass is 16.2. The van der Waals surface area contributed by atoms with Crippen LogP contribution in [-0.4, -0.2) is 55.3 Å². The molecule has 0 aliphatic rings. The number of pyridine rings is 2. The minimum Gasteiger partial charge on any atom is -0.309 e. The molecule has 0 spiro atoms. The summed E-state index contributed by atoms with van der Waals surface area (Å²) in [6.07, 6.45) is 10.4.